The zero-order valence-electron chi connectivity index (χ0n) is 11.8. The molecule has 1 aromatic heterocycles. The standard InChI is InChI=1S/C15H20N2O3/c1-3-15(9-18,10-19)17-14-12-5-4-6-13(20-2)11(12)7-8-16-14/h4-8,18-19H,3,9-10H2,1-2H3,(H,16,17). The minimum Gasteiger partial charge on any atom is -0.496 e. The number of aliphatic hydroxyl groups excluding tert-OH is 2. The van der Waals surface area contributed by atoms with Crippen LogP contribution in [0.15, 0.2) is 30.5 Å². The Hall–Kier alpha value is -1.85. The summed E-state index contributed by atoms with van der Waals surface area (Å²) in [5, 5.41) is 24.1. The second kappa shape index (κ2) is 6.07. The Morgan fingerprint density at radius 1 is 1.20 bits per heavy atom. The highest BCUT2D eigenvalue weighted by Crippen LogP contribution is 2.30. The number of ether oxygens (including phenoxy) is 1. The molecule has 0 aliphatic rings. The maximum atomic E-state index is 9.54. The van der Waals surface area contributed by atoms with E-state index in [2.05, 4.69) is 10.3 Å². The number of methoxy groups -OCH3 is 1. The monoisotopic (exact) mass is 276 g/mol. The van der Waals surface area contributed by atoms with Crippen LogP contribution in [-0.2, 0) is 0 Å². The molecule has 5 nitrogen and oxygen atoms in total. The summed E-state index contributed by atoms with van der Waals surface area (Å²) in [4.78, 5) is 4.32. The number of hydrogen-bond acceptors (Lipinski definition) is 5. The molecule has 108 valence electrons. The highest BCUT2D eigenvalue weighted by Gasteiger charge is 2.27. The number of rotatable bonds is 6. The third kappa shape index (κ3) is 2.55. The summed E-state index contributed by atoms with van der Waals surface area (Å²) in [6.07, 6.45) is 2.27. The van der Waals surface area contributed by atoms with E-state index in [-0.39, 0.29) is 13.2 Å². The predicted octanol–water partition coefficient (Wildman–Crippen LogP) is 1.79. The van der Waals surface area contributed by atoms with Crippen LogP contribution < -0.4 is 10.1 Å². The van der Waals surface area contributed by atoms with Crippen molar-refractivity contribution in [1.82, 2.24) is 4.98 Å². The average molecular weight is 276 g/mol. The lowest BCUT2D eigenvalue weighted by Gasteiger charge is -2.30. The summed E-state index contributed by atoms with van der Waals surface area (Å²) in [6.45, 7) is 1.58. The Morgan fingerprint density at radius 3 is 2.55 bits per heavy atom. The normalized spacial score (nSPS) is 11.6. The van der Waals surface area contributed by atoms with Crippen LogP contribution in [0.1, 0.15) is 13.3 Å². The molecule has 0 radical (unpaired) electrons. The summed E-state index contributed by atoms with van der Waals surface area (Å²) in [7, 11) is 1.63. The quantitative estimate of drug-likeness (QED) is 0.750. The number of fused-ring (bicyclic) bond motifs is 1. The first kappa shape index (κ1) is 14.6. The molecule has 20 heavy (non-hydrogen) atoms. The van der Waals surface area contributed by atoms with E-state index in [1.807, 2.05) is 31.2 Å². The minimum absolute atomic E-state index is 0.165. The van der Waals surface area contributed by atoms with Gasteiger partial charge in [0, 0.05) is 17.0 Å². The lowest BCUT2D eigenvalue weighted by molar-refractivity contribution is 0.132. The van der Waals surface area contributed by atoms with Gasteiger partial charge in [-0.2, -0.15) is 0 Å². The molecule has 0 aliphatic carbocycles. The van der Waals surface area contributed by atoms with Gasteiger partial charge >= 0.3 is 0 Å². The van der Waals surface area contributed by atoms with E-state index < -0.39 is 5.54 Å². The van der Waals surface area contributed by atoms with Crippen molar-refractivity contribution in [2.45, 2.75) is 18.9 Å². The number of aliphatic hydroxyl groups is 2. The Morgan fingerprint density at radius 2 is 1.95 bits per heavy atom. The zero-order valence-corrected chi connectivity index (χ0v) is 11.8. The van der Waals surface area contributed by atoms with Crippen molar-refractivity contribution in [3.63, 3.8) is 0 Å². The van der Waals surface area contributed by atoms with E-state index in [0.29, 0.717) is 12.2 Å². The molecule has 5 heteroatoms. The second-order valence-corrected chi connectivity index (χ2v) is 4.79. The van der Waals surface area contributed by atoms with E-state index >= 15 is 0 Å². The van der Waals surface area contributed by atoms with Crippen LogP contribution in [0, 0.1) is 0 Å². The Kier molecular flexibility index (Phi) is 4.42. The minimum atomic E-state index is -0.773. The molecule has 0 unspecified atom stereocenters. The van der Waals surface area contributed by atoms with Crippen LogP contribution in [0.5, 0.6) is 5.75 Å². The van der Waals surface area contributed by atoms with Crippen molar-refractivity contribution in [3.05, 3.63) is 30.5 Å². The molecule has 1 aromatic carbocycles. The van der Waals surface area contributed by atoms with Gasteiger partial charge in [0.05, 0.1) is 25.9 Å². The van der Waals surface area contributed by atoms with Gasteiger partial charge in [-0.25, -0.2) is 4.98 Å². The van der Waals surface area contributed by atoms with Gasteiger partial charge < -0.3 is 20.3 Å². The molecule has 0 bridgehead atoms. The number of nitrogens with one attached hydrogen (secondary N) is 1. The zero-order chi connectivity index (χ0) is 14.6. The number of pyridine rings is 1. The smallest absolute Gasteiger partial charge is 0.134 e. The highest BCUT2D eigenvalue weighted by molar-refractivity contribution is 5.96. The number of anilines is 1. The molecule has 0 amide bonds. The Labute approximate surface area is 118 Å². The van der Waals surface area contributed by atoms with Gasteiger partial charge in [-0.15, -0.1) is 0 Å². The first-order valence-electron chi connectivity index (χ1n) is 6.61. The number of nitrogens with zero attached hydrogens (tertiary/aromatic N) is 1. The molecular weight excluding hydrogens is 256 g/mol. The van der Waals surface area contributed by atoms with Gasteiger partial charge in [-0.1, -0.05) is 19.1 Å². The fourth-order valence-corrected chi connectivity index (χ4v) is 2.15. The summed E-state index contributed by atoms with van der Waals surface area (Å²) in [5.41, 5.74) is -0.773. The molecule has 0 saturated carbocycles. The lowest BCUT2D eigenvalue weighted by Crippen LogP contribution is -2.45. The summed E-state index contributed by atoms with van der Waals surface area (Å²) in [6, 6.07) is 7.59. The third-order valence-electron chi connectivity index (χ3n) is 3.65. The maximum Gasteiger partial charge on any atom is 0.134 e. The molecule has 0 fully saturated rings. The third-order valence-corrected chi connectivity index (χ3v) is 3.65. The summed E-state index contributed by atoms with van der Waals surface area (Å²) < 4.78 is 5.34. The van der Waals surface area contributed by atoms with E-state index in [9.17, 15) is 10.2 Å². The Balaban J connectivity index is 2.50. The number of hydrogen-bond donors (Lipinski definition) is 3. The molecule has 0 aliphatic heterocycles. The number of aromatic nitrogens is 1. The van der Waals surface area contributed by atoms with Crippen molar-refractivity contribution < 1.29 is 14.9 Å². The molecule has 0 spiro atoms. The molecule has 3 N–H and O–H groups in total. The van der Waals surface area contributed by atoms with E-state index in [1.165, 1.54) is 0 Å². The first-order valence-corrected chi connectivity index (χ1v) is 6.61. The van der Waals surface area contributed by atoms with Gasteiger partial charge in [0.15, 0.2) is 0 Å². The predicted molar refractivity (Wildman–Crippen MR) is 79.1 cm³/mol. The Bertz CT molecular complexity index is 574. The van der Waals surface area contributed by atoms with Crippen molar-refractivity contribution in [1.29, 1.82) is 0 Å². The molecular formula is C15H20N2O3. The van der Waals surface area contributed by atoms with Crippen LogP contribution >= 0.6 is 0 Å². The van der Waals surface area contributed by atoms with Crippen LogP contribution in [-0.4, -0.2) is 41.1 Å². The van der Waals surface area contributed by atoms with Gasteiger partial charge in [0.1, 0.15) is 11.6 Å². The van der Waals surface area contributed by atoms with Gasteiger partial charge in [0.2, 0.25) is 0 Å². The van der Waals surface area contributed by atoms with E-state index in [0.717, 1.165) is 16.5 Å². The lowest BCUT2D eigenvalue weighted by atomic mass is 9.98. The van der Waals surface area contributed by atoms with Crippen molar-refractivity contribution in [2.24, 2.45) is 0 Å². The van der Waals surface area contributed by atoms with E-state index in [1.54, 1.807) is 13.3 Å². The van der Waals surface area contributed by atoms with Crippen molar-refractivity contribution >= 4 is 16.6 Å². The molecule has 2 aromatic rings. The maximum absolute atomic E-state index is 9.54. The van der Waals surface area contributed by atoms with E-state index in [4.69, 9.17) is 4.74 Å². The molecule has 0 atom stereocenters. The van der Waals surface area contributed by atoms with Crippen LogP contribution in [0.4, 0.5) is 5.82 Å². The van der Waals surface area contributed by atoms with Crippen LogP contribution in [0.3, 0.4) is 0 Å². The molecule has 1 heterocycles. The topological polar surface area (TPSA) is 74.6 Å². The van der Waals surface area contributed by atoms with Gasteiger partial charge in [0.25, 0.3) is 0 Å². The fourth-order valence-electron chi connectivity index (χ4n) is 2.15. The fraction of sp³-hybridized carbons (Fsp3) is 0.400. The molecule has 2 rings (SSSR count). The SMILES string of the molecule is CCC(CO)(CO)Nc1nccc2c(OC)cccc12. The largest absolute Gasteiger partial charge is 0.496 e. The summed E-state index contributed by atoms with van der Waals surface area (Å²) >= 11 is 0. The van der Waals surface area contributed by atoms with Crippen molar-refractivity contribution in [2.75, 3.05) is 25.6 Å². The average Bonchev–Trinajstić information content (AvgIpc) is 2.52. The van der Waals surface area contributed by atoms with Gasteiger partial charge in [-0.3, -0.25) is 0 Å². The highest BCUT2D eigenvalue weighted by atomic mass is 16.5. The van der Waals surface area contributed by atoms with Crippen LogP contribution in [0.2, 0.25) is 0 Å². The van der Waals surface area contributed by atoms with Gasteiger partial charge in [-0.05, 0) is 18.6 Å². The first-order chi connectivity index (χ1) is 9.69. The second-order valence-electron chi connectivity index (χ2n) is 4.79. The van der Waals surface area contributed by atoms with Crippen LogP contribution in [0.25, 0.3) is 10.8 Å². The molecule has 0 saturated heterocycles. The van der Waals surface area contributed by atoms with Crippen molar-refractivity contribution in [3.8, 4) is 5.75 Å². The summed E-state index contributed by atoms with van der Waals surface area (Å²) in [5.74, 6) is 1.40. The number of benzene rings is 1.